The van der Waals surface area contributed by atoms with Crippen molar-refractivity contribution in [3.05, 3.63) is 53.3 Å². The first kappa shape index (κ1) is 16.4. The number of aromatic nitrogens is 1. The van der Waals surface area contributed by atoms with Crippen molar-refractivity contribution < 1.29 is 17.3 Å². The Hall–Kier alpha value is -2.07. The number of hydrogen-bond donors (Lipinski definition) is 1. The van der Waals surface area contributed by atoms with E-state index < -0.39 is 10.0 Å². The summed E-state index contributed by atoms with van der Waals surface area (Å²) in [6, 6.07) is 9.99. The van der Waals surface area contributed by atoms with Crippen LogP contribution in [0.25, 0.3) is 22.1 Å². The number of sulfonamides is 1. The molecule has 25 heavy (non-hydrogen) atoms. The second-order valence-corrected chi connectivity index (χ2v) is 9.44. The molecule has 128 valence electrons. The van der Waals surface area contributed by atoms with Crippen LogP contribution in [0.4, 0.5) is 5.13 Å². The van der Waals surface area contributed by atoms with Crippen molar-refractivity contribution in [1.82, 2.24) is 4.98 Å². The Labute approximate surface area is 155 Å². The Morgan fingerprint density at radius 1 is 1.00 bits per heavy atom. The van der Waals surface area contributed by atoms with Crippen molar-refractivity contribution in [1.29, 1.82) is 0 Å². The first-order chi connectivity index (χ1) is 12.0. The van der Waals surface area contributed by atoms with Gasteiger partial charge in [-0.15, -0.1) is 11.3 Å². The van der Waals surface area contributed by atoms with Gasteiger partial charge in [-0.2, -0.15) is 0 Å². The van der Waals surface area contributed by atoms with Gasteiger partial charge in [-0.3, -0.25) is 4.72 Å². The number of anilines is 1. The van der Waals surface area contributed by atoms with Crippen LogP contribution in [0.1, 0.15) is 0 Å². The summed E-state index contributed by atoms with van der Waals surface area (Å²) in [5.74, 6) is 1.10. The van der Waals surface area contributed by atoms with Crippen molar-refractivity contribution in [3.8, 4) is 22.1 Å². The van der Waals surface area contributed by atoms with Crippen molar-refractivity contribution in [2.45, 2.75) is 4.21 Å². The first-order valence-electron chi connectivity index (χ1n) is 6.90. The third-order valence-electron chi connectivity index (χ3n) is 3.16. The van der Waals surface area contributed by atoms with E-state index >= 15 is 0 Å². The standard InChI is InChI=1S/C15H9ClN2O4S3/c16-11-5-6-12(23-11)25(19,20)18-15-17-13(9-3-1-7-21-9)14(24-15)10-4-2-8-22-10/h1-8H,(H,17,18). The average molecular weight is 413 g/mol. The van der Waals surface area contributed by atoms with E-state index in [1.807, 2.05) is 0 Å². The van der Waals surface area contributed by atoms with Gasteiger partial charge < -0.3 is 8.83 Å². The molecule has 4 aromatic heterocycles. The maximum absolute atomic E-state index is 12.5. The summed E-state index contributed by atoms with van der Waals surface area (Å²) in [5.41, 5.74) is 0.506. The lowest BCUT2D eigenvalue weighted by Crippen LogP contribution is -2.11. The molecular weight excluding hydrogens is 404 g/mol. The normalized spacial score (nSPS) is 11.7. The van der Waals surface area contributed by atoms with Crippen LogP contribution in [0.15, 0.2) is 62.0 Å². The molecule has 0 aliphatic carbocycles. The molecule has 6 nitrogen and oxygen atoms in total. The molecule has 0 bridgehead atoms. The highest BCUT2D eigenvalue weighted by molar-refractivity contribution is 7.95. The predicted octanol–water partition coefficient (Wildman–Crippen LogP) is 5.18. The molecule has 0 saturated heterocycles. The second kappa shape index (κ2) is 6.34. The van der Waals surface area contributed by atoms with Crippen LogP contribution in [-0.4, -0.2) is 13.4 Å². The van der Waals surface area contributed by atoms with E-state index in [1.54, 1.807) is 30.5 Å². The lowest BCUT2D eigenvalue weighted by Gasteiger charge is -2.01. The van der Waals surface area contributed by atoms with Crippen LogP contribution in [0, 0.1) is 0 Å². The zero-order valence-corrected chi connectivity index (χ0v) is 15.5. The van der Waals surface area contributed by atoms with Gasteiger partial charge in [0, 0.05) is 0 Å². The molecule has 0 aliphatic rings. The number of furan rings is 2. The van der Waals surface area contributed by atoms with Gasteiger partial charge in [-0.05, 0) is 36.4 Å². The highest BCUT2D eigenvalue weighted by Crippen LogP contribution is 2.40. The van der Waals surface area contributed by atoms with Gasteiger partial charge in [0.2, 0.25) is 0 Å². The van der Waals surface area contributed by atoms with Gasteiger partial charge in [0.25, 0.3) is 10.0 Å². The van der Waals surface area contributed by atoms with E-state index in [1.165, 1.54) is 18.4 Å². The molecule has 0 aromatic carbocycles. The predicted molar refractivity (Wildman–Crippen MR) is 97.7 cm³/mol. The van der Waals surface area contributed by atoms with Crippen LogP contribution in [0.5, 0.6) is 0 Å². The number of thiophene rings is 1. The van der Waals surface area contributed by atoms with Gasteiger partial charge in [-0.25, -0.2) is 13.4 Å². The maximum Gasteiger partial charge on any atom is 0.273 e. The zero-order chi connectivity index (χ0) is 17.4. The highest BCUT2D eigenvalue weighted by atomic mass is 35.5. The van der Waals surface area contributed by atoms with Crippen LogP contribution in [0.3, 0.4) is 0 Å². The third-order valence-corrected chi connectivity index (χ3v) is 7.34. The minimum absolute atomic E-state index is 0.117. The lowest BCUT2D eigenvalue weighted by atomic mass is 10.2. The molecule has 0 radical (unpaired) electrons. The number of halogens is 1. The largest absolute Gasteiger partial charge is 0.463 e. The smallest absolute Gasteiger partial charge is 0.273 e. The fourth-order valence-electron chi connectivity index (χ4n) is 2.13. The minimum atomic E-state index is -3.76. The summed E-state index contributed by atoms with van der Waals surface area (Å²) in [7, 11) is -3.76. The summed E-state index contributed by atoms with van der Waals surface area (Å²) in [4.78, 5) is 5.04. The molecule has 0 atom stereocenters. The van der Waals surface area contributed by atoms with E-state index in [0.29, 0.717) is 26.4 Å². The molecule has 0 fully saturated rings. The average Bonchev–Trinajstić information content (AvgIpc) is 3.34. The van der Waals surface area contributed by atoms with Gasteiger partial charge in [0.05, 0.1) is 16.9 Å². The SMILES string of the molecule is O=S(=O)(Nc1nc(-c2ccco2)c(-c2ccco2)s1)c1ccc(Cl)s1. The van der Waals surface area contributed by atoms with Gasteiger partial charge >= 0.3 is 0 Å². The number of thiazole rings is 1. The minimum Gasteiger partial charge on any atom is -0.463 e. The Morgan fingerprint density at radius 2 is 1.72 bits per heavy atom. The molecule has 0 amide bonds. The molecule has 10 heteroatoms. The van der Waals surface area contributed by atoms with Crippen LogP contribution in [0.2, 0.25) is 4.34 Å². The molecule has 0 aliphatic heterocycles. The fraction of sp³-hybridized carbons (Fsp3) is 0. The molecule has 0 unspecified atom stereocenters. The number of nitrogens with one attached hydrogen (secondary N) is 1. The third kappa shape index (κ3) is 3.23. The van der Waals surface area contributed by atoms with Crippen molar-refractivity contribution in [3.63, 3.8) is 0 Å². The summed E-state index contributed by atoms with van der Waals surface area (Å²) < 4.78 is 38.8. The Balaban J connectivity index is 1.75. The van der Waals surface area contributed by atoms with Crippen LogP contribution in [-0.2, 0) is 10.0 Å². The monoisotopic (exact) mass is 412 g/mol. The van der Waals surface area contributed by atoms with Crippen molar-refractivity contribution in [2.24, 2.45) is 0 Å². The molecule has 0 saturated carbocycles. The molecule has 1 N–H and O–H groups in total. The summed E-state index contributed by atoms with van der Waals surface area (Å²) in [5, 5.41) is 0.210. The van der Waals surface area contributed by atoms with E-state index in [-0.39, 0.29) is 9.34 Å². The van der Waals surface area contributed by atoms with Crippen molar-refractivity contribution in [2.75, 3.05) is 4.72 Å². The van der Waals surface area contributed by atoms with E-state index in [4.69, 9.17) is 20.4 Å². The maximum atomic E-state index is 12.5. The van der Waals surface area contributed by atoms with Crippen LogP contribution >= 0.6 is 34.3 Å². The Kier molecular flexibility index (Phi) is 4.16. The van der Waals surface area contributed by atoms with Crippen LogP contribution < -0.4 is 4.72 Å². The number of nitrogens with zero attached hydrogens (tertiary/aromatic N) is 1. The van der Waals surface area contributed by atoms with E-state index in [9.17, 15) is 8.42 Å². The Morgan fingerprint density at radius 3 is 2.32 bits per heavy atom. The first-order valence-corrected chi connectivity index (χ1v) is 10.4. The zero-order valence-electron chi connectivity index (χ0n) is 12.3. The van der Waals surface area contributed by atoms with Crippen molar-refractivity contribution >= 4 is 49.4 Å². The van der Waals surface area contributed by atoms with Gasteiger partial charge in [0.15, 0.2) is 10.9 Å². The fourth-order valence-corrected chi connectivity index (χ4v) is 5.78. The second-order valence-electron chi connectivity index (χ2n) is 4.82. The van der Waals surface area contributed by atoms with Gasteiger partial charge in [0.1, 0.15) is 20.5 Å². The Bertz CT molecular complexity index is 1040. The topological polar surface area (TPSA) is 85.3 Å². The number of rotatable bonds is 5. The lowest BCUT2D eigenvalue weighted by molar-refractivity contribution is 0.575. The summed E-state index contributed by atoms with van der Waals surface area (Å²) in [6.07, 6.45) is 3.07. The van der Waals surface area contributed by atoms with E-state index in [0.717, 1.165) is 22.7 Å². The molecular formula is C15H9ClN2O4S3. The molecule has 4 rings (SSSR count). The summed E-state index contributed by atoms with van der Waals surface area (Å²) >= 11 is 7.96. The highest BCUT2D eigenvalue weighted by Gasteiger charge is 2.23. The quantitative estimate of drug-likeness (QED) is 0.488. The van der Waals surface area contributed by atoms with E-state index in [2.05, 4.69) is 9.71 Å². The van der Waals surface area contributed by atoms with Gasteiger partial charge in [-0.1, -0.05) is 22.9 Å². The summed E-state index contributed by atoms with van der Waals surface area (Å²) in [6.45, 7) is 0. The molecule has 0 spiro atoms. The number of hydrogen-bond acceptors (Lipinski definition) is 7. The molecule has 4 aromatic rings. The molecule has 4 heterocycles.